The van der Waals surface area contributed by atoms with E-state index < -0.39 is 15.8 Å². The smallest absolute Gasteiger partial charge is 0.216 e. The number of hydrogen-bond acceptors (Lipinski definition) is 6. The number of aromatic nitrogens is 1. The molecular formula is C43H64FN3O3S. The summed E-state index contributed by atoms with van der Waals surface area (Å²) >= 11 is 0. The van der Waals surface area contributed by atoms with Crippen molar-refractivity contribution in [2.75, 3.05) is 44.3 Å². The number of ether oxygens (including phenoxy) is 1. The molecular weight excluding hydrogens is 658 g/mol. The maximum Gasteiger partial charge on any atom is 0.216 e. The van der Waals surface area contributed by atoms with E-state index in [-0.39, 0.29) is 5.54 Å². The van der Waals surface area contributed by atoms with Gasteiger partial charge < -0.3 is 15.0 Å². The van der Waals surface area contributed by atoms with E-state index in [0.29, 0.717) is 65.2 Å². The lowest BCUT2D eigenvalue weighted by molar-refractivity contribution is -0.212. The Hall–Kier alpha value is -1.77. The number of rotatable bonds is 8. The fourth-order valence-corrected chi connectivity index (χ4v) is 15.2. The summed E-state index contributed by atoms with van der Waals surface area (Å²) in [7, 11) is -2.83. The molecule has 7 aliphatic rings. The van der Waals surface area contributed by atoms with Crippen molar-refractivity contribution in [3.05, 3.63) is 47.4 Å². The number of nitrogens with one attached hydrogen (secondary N) is 1. The third-order valence-corrected chi connectivity index (χ3v) is 18.6. The van der Waals surface area contributed by atoms with Crippen LogP contribution in [0, 0.1) is 57.7 Å². The Morgan fingerprint density at radius 1 is 0.941 bits per heavy atom. The number of halogens is 1. The topological polar surface area (TPSA) is 71.5 Å². The van der Waals surface area contributed by atoms with Gasteiger partial charge in [-0.15, -0.1) is 0 Å². The minimum atomic E-state index is -2.83. The van der Waals surface area contributed by atoms with Gasteiger partial charge in [0.2, 0.25) is 11.8 Å². The number of fused-ring (bicyclic) bond motifs is 7. The summed E-state index contributed by atoms with van der Waals surface area (Å²) in [5.41, 5.74) is 4.63. The second kappa shape index (κ2) is 13.5. The van der Waals surface area contributed by atoms with Gasteiger partial charge in [-0.3, -0.25) is 0 Å². The van der Waals surface area contributed by atoms with Crippen molar-refractivity contribution in [3.63, 3.8) is 0 Å². The molecule has 8 heteroatoms. The molecule has 8 rings (SSSR count). The summed E-state index contributed by atoms with van der Waals surface area (Å²) in [6.07, 6.45) is 21.9. The Balaban J connectivity index is 0.930. The molecule has 0 radical (unpaired) electrons. The first kappa shape index (κ1) is 36.2. The molecule has 51 heavy (non-hydrogen) atoms. The van der Waals surface area contributed by atoms with Crippen LogP contribution in [-0.2, 0) is 9.84 Å². The van der Waals surface area contributed by atoms with E-state index in [1.165, 1.54) is 70.3 Å². The highest BCUT2D eigenvalue weighted by atomic mass is 32.2. The van der Waals surface area contributed by atoms with Crippen LogP contribution in [0.25, 0.3) is 0 Å². The molecule has 1 aromatic rings. The zero-order valence-corrected chi connectivity index (χ0v) is 32.7. The summed E-state index contributed by atoms with van der Waals surface area (Å²) in [6, 6.07) is 4.76. The van der Waals surface area contributed by atoms with E-state index in [4.69, 9.17) is 4.74 Å². The zero-order chi connectivity index (χ0) is 35.6. The van der Waals surface area contributed by atoms with E-state index in [2.05, 4.69) is 55.0 Å². The minimum absolute atomic E-state index is 0.280. The standard InChI is InChI=1S/C43H64FN3O3S/c1-30-33(32-12-10-31(11-13-32)29-50-39-9-5-8-38(44)46-39)16-19-40(2)34(30)17-20-42(4)37(40)15-14-35-36-7-6-18-43(36,22-21-41(35,42)3)45-23-24-47-25-27-51(48,49)28-26-47/h5,8-9,12,16,30-31,34-37,45H,6-7,10-11,13-15,17-29H2,1-4H3/t30?,31-,34?,35+,36+,37?,40-,41+,42+,43-/m0/s1. The average molecular weight is 722 g/mol. The van der Waals surface area contributed by atoms with E-state index in [0.717, 1.165) is 56.0 Å². The van der Waals surface area contributed by atoms with Crippen LogP contribution in [0.1, 0.15) is 111 Å². The maximum atomic E-state index is 13.5. The Bertz CT molecular complexity index is 1630. The van der Waals surface area contributed by atoms with Crippen molar-refractivity contribution >= 4 is 9.84 Å². The SMILES string of the molecule is CC1C(C2=CC[C@H](COc3cccc(F)n3)CC2)=CC[C@@]2(C)C1CC[C@]1(C)C2CC[C@@H]2[C@H]3CCC[C@]3(NCCN3CCS(=O)(=O)CC3)CC[C@]21C. The molecule has 0 spiro atoms. The normalized spacial score (nSPS) is 43.5. The van der Waals surface area contributed by atoms with Crippen LogP contribution in [0.3, 0.4) is 0 Å². The third-order valence-electron chi connectivity index (χ3n) is 16.9. The summed E-state index contributed by atoms with van der Waals surface area (Å²) in [5.74, 6) is 4.71. The largest absolute Gasteiger partial charge is 0.477 e. The van der Waals surface area contributed by atoms with Gasteiger partial charge in [0.25, 0.3) is 0 Å². The first-order chi connectivity index (χ1) is 24.4. The van der Waals surface area contributed by atoms with Crippen molar-refractivity contribution < 1.29 is 17.5 Å². The van der Waals surface area contributed by atoms with Gasteiger partial charge in [-0.2, -0.15) is 9.37 Å². The van der Waals surface area contributed by atoms with Crippen LogP contribution in [0.15, 0.2) is 41.5 Å². The molecule has 282 valence electrons. The molecule has 6 aliphatic carbocycles. The van der Waals surface area contributed by atoms with Gasteiger partial charge in [0, 0.05) is 37.8 Å². The maximum absolute atomic E-state index is 13.5. The lowest BCUT2D eigenvalue weighted by Crippen LogP contribution is -2.67. The molecule has 1 aromatic heterocycles. The second-order valence-electron chi connectivity index (χ2n) is 18.9. The Morgan fingerprint density at radius 2 is 1.76 bits per heavy atom. The predicted octanol–water partition coefficient (Wildman–Crippen LogP) is 8.40. The minimum Gasteiger partial charge on any atom is -0.477 e. The number of nitrogens with zero attached hydrogens (tertiary/aromatic N) is 2. The lowest BCUT2D eigenvalue weighted by Gasteiger charge is -2.71. The highest BCUT2D eigenvalue weighted by Crippen LogP contribution is 2.75. The van der Waals surface area contributed by atoms with Crippen LogP contribution in [0.2, 0.25) is 0 Å². The second-order valence-corrected chi connectivity index (χ2v) is 21.2. The van der Waals surface area contributed by atoms with Gasteiger partial charge >= 0.3 is 0 Å². The van der Waals surface area contributed by atoms with Crippen molar-refractivity contribution in [2.45, 2.75) is 117 Å². The molecule has 0 bridgehead atoms. The number of hydrogen-bond donors (Lipinski definition) is 1. The molecule has 3 unspecified atom stereocenters. The molecule has 10 atom stereocenters. The number of allylic oxidation sites excluding steroid dienone is 4. The van der Waals surface area contributed by atoms with Crippen molar-refractivity contribution in [1.82, 2.24) is 15.2 Å². The monoisotopic (exact) mass is 721 g/mol. The number of pyridine rings is 1. The van der Waals surface area contributed by atoms with Gasteiger partial charge in [-0.1, -0.05) is 52.3 Å². The molecule has 1 N–H and O–H groups in total. The van der Waals surface area contributed by atoms with Crippen molar-refractivity contribution in [3.8, 4) is 5.88 Å². The number of sulfone groups is 1. The average Bonchev–Trinajstić information content (AvgIpc) is 3.53. The molecule has 1 aliphatic heterocycles. The van der Waals surface area contributed by atoms with E-state index in [1.54, 1.807) is 23.3 Å². The van der Waals surface area contributed by atoms with E-state index in [9.17, 15) is 12.8 Å². The van der Waals surface area contributed by atoms with Crippen LogP contribution in [0.4, 0.5) is 4.39 Å². The third kappa shape index (κ3) is 6.27. The summed E-state index contributed by atoms with van der Waals surface area (Å²) in [4.78, 5) is 6.24. The molecule has 0 amide bonds. The molecule has 4 saturated carbocycles. The van der Waals surface area contributed by atoms with Crippen LogP contribution in [0.5, 0.6) is 5.88 Å². The van der Waals surface area contributed by atoms with Crippen LogP contribution < -0.4 is 10.1 Å². The van der Waals surface area contributed by atoms with Gasteiger partial charge in [0.15, 0.2) is 9.84 Å². The van der Waals surface area contributed by atoms with Crippen LogP contribution >= 0.6 is 0 Å². The van der Waals surface area contributed by atoms with Crippen LogP contribution in [-0.4, -0.2) is 68.1 Å². The Kier molecular flexibility index (Phi) is 9.60. The highest BCUT2D eigenvalue weighted by Gasteiger charge is 2.68. The first-order valence-electron chi connectivity index (χ1n) is 20.7. The Morgan fingerprint density at radius 3 is 2.53 bits per heavy atom. The van der Waals surface area contributed by atoms with Gasteiger partial charge in [-0.05, 0) is 146 Å². The fourth-order valence-electron chi connectivity index (χ4n) is 14.0. The lowest BCUT2D eigenvalue weighted by atomic mass is 9.34. The summed E-state index contributed by atoms with van der Waals surface area (Å²) in [6.45, 7) is 14.7. The van der Waals surface area contributed by atoms with Gasteiger partial charge in [0.1, 0.15) is 0 Å². The van der Waals surface area contributed by atoms with Gasteiger partial charge in [0.05, 0.1) is 18.1 Å². The van der Waals surface area contributed by atoms with E-state index in [1.807, 2.05) is 0 Å². The quantitative estimate of drug-likeness (QED) is 0.272. The van der Waals surface area contributed by atoms with Crippen molar-refractivity contribution in [2.24, 2.45) is 51.8 Å². The fraction of sp³-hybridized carbons (Fsp3) is 0.791. The summed E-state index contributed by atoms with van der Waals surface area (Å²) < 4.78 is 43.3. The molecule has 0 aromatic carbocycles. The van der Waals surface area contributed by atoms with Crippen molar-refractivity contribution in [1.29, 1.82) is 0 Å². The highest BCUT2D eigenvalue weighted by molar-refractivity contribution is 7.91. The molecule has 2 heterocycles. The van der Waals surface area contributed by atoms with E-state index >= 15 is 0 Å². The zero-order valence-electron chi connectivity index (χ0n) is 31.9. The van der Waals surface area contributed by atoms with Gasteiger partial charge in [-0.25, -0.2) is 8.42 Å². The first-order valence-corrected chi connectivity index (χ1v) is 22.5. The predicted molar refractivity (Wildman–Crippen MR) is 203 cm³/mol. The molecule has 1 saturated heterocycles. The molecule has 5 fully saturated rings. The summed E-state index contributed by atoms with van der Waals surface area (Å²) in [5, 5.41) is 4.19. The Labute approximate surface area is 307 Å². The molecule has 6 nitrogen and oxygen atoms in total.